The number of rotatable bonds is 6. The smallest absolute Gasteiger partial charge is 0.234 e. The fourth-order valence-electron chi connectivity index (χ4n) is 3.17. The van der Waals surface area contributed by atoms with Crippen molar-refractivity contribution in [2.75, 3.05) is 39.3 Å². The van der Waals surface area contributed by atoms with Gasteiger partial charge in [-0.05, 0) is 25.6 Å². The van der Waals surface area contributed by atoms with E-state index in [0.717, 1.165) is 38.3 Å². The second kappa shape index (κ2) is 8.42. The Morgan fingerprint density at radius 1 is 1.23 bits per heavy atom. The number of aromatic nitrogens is 2. The van der Waals surface area contributed by atoms with Gasteiger partial charge in [0.2, 0.25) is 5.91 Å². The van der Waals surface area contributed by atoms with Crippen LogP contribution in [0.15, 0.2) is 36.7 Å². The van der Waals surface area contributed by atoms with Crippen molar-refractivity contribution in [3.8, 4) is 5.69 Å². The largest absolute Gasteiger partial charge is 0.348 e. The molecule has 7 heteroatoms. The SMILES string of the molecule is CCN1CCN(CC(=O)N[C@H](C)c2cnn(-c3ccccc3F)c2)CC1. The van der Waals surface area contributed by atoms with Gasteiger partial charge in [0, 0.05) is 37.9 Å². The van der Waals surface area contributed by atoms with Crippen molar-refractivity contribution in [2.45, 2.75) is 19.9 Å². The first-order chi connectivity index (χ1) is 12.6. The van der Waals surface area contributed by atoms with Crippen LogP contribution in [0.25, 0.3) is 5.69 Å². The summed E-state index contributed by atoms with van der Waals surface area (Å²) in [5.41, 5.74) is 1.24. The van der Waals surface area contributed by atoms with Crippen LogP contribution in [-0.2, 0) is 4.79 Å². The highest BCUT2D eigenvalue weighted by atomic mass is 19.1. The quantitative estimate of drug-likeness (QED) is 0.855. The Labute approximate surface area is 153 Å². The first kappa shape index (κ1) is 18.5. The molecule has 3 rings (SSSR count). The van der Waals surface area contributed by atoms with Gasteiger partial charge in [-0.25, -0.2) is 9.07 Å². The van der Waals surface area contributed by atoms with Gasteiger partial charge in [-0.2, -0.15) is 5.10 Å². The lowest BCUT2D eigenvalue weighted by Gasteiger charge is -2.33. The summed E-state index contributed by atoms with van der Waals surface area (Å²) in [4.78, 5) is 16.9. The number of carbonyl (C=O) groups is 1. The summed E-state index contributed by atoms with van der Waals surface area (Å²) >= 11 is 0. The molecule has 1 aromatic carbocycles. The fraction of sp³-hybridized carbons (Fsp3) is 0.474. The molecule has 2 aromatic rings. The van der Waals surface area contributed by atoms with Crippen LogP contribution >= 0.6 is 0 Å². The first-order valence-corrected chi connectivity index (χ1v) is 9.10. The molecular formula is C19H26FN5O. The van der Waals surface area contributed by atoms with E-state index in [9.17, 15) is 9.18 Å². The molecule has 0 saturated carbocycles. The van der Waals surface area contributed by atoms with E-state index in [1.54, 1.807) is 30.6 Å². The summed E-state index contributed by atoms with van der Waals surface area (Å²) in [5, 5.41) is 7.23. The average Bonchev–Trinajstić information content (AvgIpc) is 3.12. The van der Waals surface area contributed by atoms with Crippen molar-refractivity contribution < 1.29 is 9.18 Å². The Morgan fingerprint density at radius 2 is 1.92 bits per heavy atom. The van der Waals surface area contributed by atoms with E-state index >= 15 is 0 Å². The van der Waals surface area contributed by atoms with Crippen molar-refractivity contribution >= 4 is 5.91 Å². The number of amides is 1. The third kappa shape index (κ3) is 4.47. The van der Waals surface area contributed by atoms with Gasteiger partial charge in [0.25, 0.3) is 0 Å². The van der Waals surface area contributed by atoms with Gasteiger partial charge >= 0.3 is 0 Å². The van der Waals surface area contributed by atoms with Crippen LogP contribution < -0.4 is 5.32 Å². The molecule has 6 nitrogen and oxygen atoms in total. The van der Waals surface area contributed by atoms with Crippen LogP contribution in [0.5, 0.6) is 0 Å². The minimum atomic E-state index is -0.329. The zero-order valence-corrected chi connectivity index (χ0v) is 15.4. The van der Waals surface area contributed by atoms with E-state index in [-0.39, 0.29) is 17.8 Å². The molecular weight excluding hydrogens is 333 g/mol. The van der Waals surface area contributed by atoms with Crippen LogP contribution in [0.4, 0.5) is 4.39 Å². The molecule has 0 bridgehead atoms. The van der Waals surface area contributed by atoms with Crippen molar-refractivity contribution in [2.24, 2.45) is 0 Å². The van der Waals surface area contributed by atoms with Crippen LogP contribution in [0.3, 0.4) is 0 Å². The summed E-state index contributed by atoms with van der Waals surface area (Å²) in [6.45, 7) is 9.39. The molecule has 2 heterocycles. The zero-order chi connectivity index (χ0) is 18.5. The van der Waals surface area contributed by atoms with Gasteiger partial charge in [-0.3, -0.25) is 9.69 Å². The second-order valence-corrected chi connectivity index (χ2v) is 6.67. The molecule has 1 fully saturated rings. The van der Waals surface area contributed by atoms with Crippen LogP contribution in [0.2, 0.25) is 0 Å². The number of carbonyl (C=O) groups excluding carboxylic acids is 1. The second-order valence-electron chi connectivity index (χ2n) is 6.67. The maximum absolute atomic E-state index is 13.9. The molecule has 1 amide bonds. The molecule has 1 saturated heterocycles. The maximum Gasteiger partial charge on any atom is 0.234 e. The topological polar surface area (TPSA) is 53.4 Å². The van der Waals surface area contributed by atoms with E-state index < -0.39 is 0 Å². The molecule has 0 spiro atoms. The lowest BCUT2D eigenvalue weighted by molar-refractivity contribution is -0.123. The lowest BCUT2D eigenvalue weighted by Crippen LogP contribution is -2.49. The summed E-state index contributed by atoms with van der Waals surface area (Å²) in [7, 11) is 0. The number of para-hydroxylation sites is 1. The van der Waals surface area contributed by atoms with Gasteiger partial charge in [0.15, 0.2) is 0 Å². The highest BCUT2D eigenvalue weighted by Crippen LogP contribution is 2.16. The molecule has 1 atom stereocenters. The van der Waals surface area contributed by atoms with Gasteiger partial charge in [0.05, 0.1) is 18.8 Å². The number of nitrogens with zero attached hydrogens (tertiary/aromatic N) is 4. The number of hydrogen-bond acceptors (Lipinski definition) is 4. The highest BCUT2D eigenvalue weighted by Gasteiger charge is 2.19. The Morgan fingerprint density at radius 3 is 2.62 bits per heavy atom. The molecule has 26 heavy (non-hydrogen) atoms. The van der Waals surface area contributed by atoms with E-state index in [1.165, 1.54) is 10.7 Å². The number of likely N-dealkylation sites (N-methyl/N-ethyl adjacent to an activating group) is 1. The van der Waals surface area contributed by atoms with Crippen molar-refractivity contribution in [1.29, 1.82) is 0 Å². The zero-order valence-electron chi connectivity index (χ0n) is 15.4. The molecule has 1 aliphatic rings. The Kier molecular flexibility index (Phi) is 6.00. The van der Waals surface area contributed by atoms with Crippen molar-refractivity contribution in [3.63, 3.8) is 0 Å². The average molecular weight is 359 g/mol. The third-order valence-electron chi connectivity index (χ3n) is 4.86. The Balaban J connectivity index is 1.54. The highest BCUT2D eigenvalue weighted by molar-refractivity contribution is 5.78. The standard InChI is InChI=1S/C19H26FN5O/c1-3-23-8-10-24(11-9-23)14-19(26)22-15(2)16-12-21-25(13-16)18-7-5-4-6-17(18)20/h4-7,12-13,15H,3,8-11,14H2,1-2H3,(H,22,26)/t15-/m1/s1. The monoisotopic (exact) mass is 359 g/mol. The summed E-state index contributed by atoms with van der Waals surface area (Å²) in [6, 6.07) is 6.31. The minimum Gasteiger partial charge on any atom is -0.348 e. The van der Waals surface area contributed by atoms with Crippen molar-refractivity contribution in [3.05, 3.63) is 48.0 Å². The van der Waals surface area contributed by atoms with Gasteiger partial charge < -0.3 is 10.2 Å². The predicted molar refractivity (Wildman–Crippen MR) is 98.6 cm³/mol. The molecule has 0 aliphatic carbocycles. The van der Waals surface area contributed by atoms with Gasteiger partial charge in [-0.15, -0.1) is 0 Å². The predicted octanol–water partition coefficient (Wildman–Crippen LogP) is 1.83. The van der Waals surface area contributed by atoms with E-state index in [1.807, 2.05) is 6.92 Å². The minimum absolute atomic E-state index is 0.00101. The van der Waals surface area contributed by atoms with Gasteiger partial charge in [0.1, 0.15) is 11.5 Å². The number of nitrogens with one attached hydrogen (secondary N) is 1. The molecule has 140 valence electrons. The molecule has 0 unspecified atom stereocenters. The summed E-state index contributed by atoms with van der Waals surface area (Å²) in [5.74, 6) is -0.328. The van der Waals surface area contributed by atoms with E-state index in [0.29, 0.717) is 12.2 Å². The summed E-state index contributed by atoms with van der Waals surface area (Å²) in [6.07, 6.45) is 3.42. The fourth-order valence-corrected chi connectivity index (χ4v) is 3.17. The number of benzene rings is 1. The molecule has 0 radical (unpaired) electrons. The normalized spacial score (nSPS) is 17.2. The van der Waals surface area contributed by atoms with Gasteiger partial charge in [-0.1, -0.05) is 19.1 Å². The summed E-state index contributed by atoms with van der Waals surface area (Å²) < 4.78 is 15.4. The van der Waals surface area contributed by atoms with Crippen molar-refractivity contribution in [1.82, 2.24) is 24.9 Å². The van der Waals surface area contributed by atoms with E-state index in [4.69, 9.17) is 0 Å². The number of halogens is 1. The molecule has 1 N–H and O–H groups in total. The van der Waals surface area contributed by atoms with E-state index in [2.05, 4.69) is 27.1 Å². The number of piperazine rings is 1. The Hall–Kier alpha value is -2.25. The van der Waals surface area contributed by atoms with Crippen LogP contribution in [0.1, 0.15) is 25.5 Å². The maximum atomic E-state index is 13.9. The molecule has 1 aliphatic heterocycles. The molecule has 1 aromatic heterocycles. The van der Waals surface area contributed by atoms with Crippen LogP contribution in [-0.4, -0.2) is 64.8 Å². The number of hydrogen-bond donors (Lipinski definition) is 1. The Bertz CT molecular complexity index is 739. The third-order valence-corrected chi connectivity index (χ3v) is 4.86. The first-order valence-electron chi connectivity index (χ1n) is 9.10. The van der Waals surface area contributed by atoms with Crippen LogP contribution in [0, 0.1) is 5.82 Å². The lowest BCUT2D eigenvalue weighted by atomic mass is 10.2.